The van der Waals surface area contributed by atoms with Gasteiger partial charge in [0.05, 0.1) is 6.54 Å². The van der Waals surface area contributed by atoms with Gasteiger partial charge in [-0.3, -0.25) is 14.6 Å². The molecular weight excluding hydrogens is 364 g/mol. The van der Waals surface area contributed by atoms with Crippen LogP contribution in [0.15, 0.2) is 11.4 Å². The Balaban J connectivity index is 1.34. The molecule has 0 aromatic carbocycles. The molecule has 3 N–H and O–H groups in total. The predicted octanol–water partition coefficient (Wildman–Crippen LogP) is 1.73. The lowest BCUT2D eigenvalue weighted by atomic mass is 9.85. The molecule has 0 radical (unpaired) electrons. The standard InChI is InChI=1S/C19H30N4O3S/c1-3-22(12-18(24)25)16-8-15(9-16)21-19(26)20-10-13(2)23-6-4-17-14(11-23)5-7-27-17/h5,7,13,15-16H,3-4,6,8-12H2,1-2H3,(H,24,25)(H2,20,21,26). The topological polar surface area (TPSA) is 84.9 Å². The first-order valence-corrected chi connectivity index (χ1v) is 10.6. The zero-order chi connectivity index (χ0) is 19.4. The fourth-order valence-corrected chi connectivity index (χ4v) is 4.82. The van der Waals surface area contributed by atoms with Crippen LogP contribution < -0.4 is 10.6 Å². The van der Waals surface area contributed by atoms with Gasteiger partial charge in [0.2, 0.25) is 0 Å². The fraction of sp³-hybridized carbons (Fsp3) is 0.684. The van der Waals surface area contributed by atoms with E-state index < -0.39 is 5.97 Å². The molecule has 0 saturated heterocycles. The van der Waals surface area contributed by atoms with E-state index in [1.54, 1.807) is 0 Å². The molecule has 1 unspecified atom stereocenters. The van der Waals surface area contributed by atoms with Crippen molar-refractivity contribution in [2.45, 2.75) is 57.8 Å². The smallest absolute Gasteiger partial charge is 0.317 e. The van der Waals surface area contributed by atoms with E-state index in [4.69, 9.17) is 5.11 Å². The minimum atomic E-state index is -0.799. The Hall–Kier alpha value is -1.64. The van der Waals surface area contributed by atoms with Gasteiger partial charge < -0.3 is 15.7 Å². The van der Waals surface area contributed by atoms with Gasteiger partial charge in [0, 0.05) is 42.6 Å². The highest BCUT2D eigenvalue weighted by Gasteiger charge is 2.34. The van der Waals surface area contributed by atoms with Crippen LogP contribution in [0.2, 0.25) is 0 Å². The second-order valence-corrected chi connectivity index (χ2v) is 8.57. The summed E-state index contributed by atoms with van der Waals surface area (Å²) in [5.41, 5.74) is 1.42. The molecule has 1 aliphatic carbocycles. The Morgan fingerprint density at radius 1 is 1.44 bits per heavy atom. The van der Waals surface area contributed by atoms with Crippen molar-refractivity contribution in [3.05, 3.63) is 21.9 Å². The zero-order valence-electron chi connectivity index (χ0n) is 16.1. The van der Waals surface area contributed by atoms with Crippen molar-refractivity contribution < 1.29 is 14.7 Å². The largest absolute Gasteiger partial charge is 0.480 e. The van der Waals surface area contributed by atoms with E-state index in [1.807, 2.05) is 23.2 Å². The number of carbonyl (C=O) groups is 2. The summed E-state index contributed by atoms with van der Waals surface area (Å²) in [5.74, 6) is -0.799. The predicted molar refractivity (Wildman–Crippen MR) is 106 cm³/mol. The summed E-state index contributed by atoms with van der Waals surface area (Å²) < 4.78 is 0. The summed E-state index contributed by atoms with van der Waals surface area (Å²) >= 11 is 1.84. The second-order valence-electron chi connectivity index (χ2n) is 7.57. The van der Waals surface area contributed by atoms with Crippen LogP contribution in [0.4, 0.5) is 4.79 Å². The number of hydrogen-bond acceptors (Lipinski definition) is 5. The van der Waals surface area contributed by atoms with Crippen molar-refractivity contribution in [3.63, 3.8) is 0 Å². The third kappa shape index (κ3) is 5.21. The highest BCUT2D eigenvalue weighted by Crippen LogP contribution is 2.26. The molecule has 27 heavy (non-hydrogen) atoms. The molecule has 1 aromatic rings. The fourth-order valence-electron chi connectivity index (χ4n) is 3.93. The number of carboxylic acids is 1. The van der Waals surface area contributed by atoms with E-state index in [0.717, 1.165) is 38.9 Å². The molecule has 1 aromatic heterocycles. The van der Waals surface area contributed by atoms with E-state index in [-0.39, 0.29) is 24.7 Å². The van der Waals surface area contributed by atoms with Gasteiger partial charge in [0.25, 0.3) is 0 Å². The quantitative estimate of drug-likeness (QED) is 0.625. The lowest BCUT2D eigenvalue weighted by Crippen LogP contribution is -2.57. The molecule has 1 saturated carbocycles. The van der Waals surface area contributed by atoms with Gasteiger partial charge in [0.1, 0.15) is 0 Å². The number of carboxylic acid groups (broad SMARTS) is 1. The Bertz CT molecular complexity index is 659. The molecule has 0 spiro atoms. The van der Waals surface area contributed by atoms with E-state index >= 15 is 0 Å². The summed E-state index contributed by atoms with van der Waals surface area (Å²) in [6.45, 7) is 7.54. The van der Waals surface area contributed by atoms with Crippen molar-refractivity contribution in [3.8, 4) is 0 Å². The van der Waals surface area contributed by atoms with Crippen LogP contribution in [0.25, 0.3) is 0 Å². The first-order valence-electron chi connectivity index (χ1n) is 9.75. The Morgan fingerprint density at radius 2 is 2.22 bits per heavy atom. The van der Waals surface area contributed by atoms with Crippen LogP contribution in [0.5, 0.6) is 0 Å². The molecular formula is C19H30N4O3S. The molecule has 7 nitrogen and oxygen atoms in total. The molecule has 3 rings (SSSR count). The summed E-state index contributed by atoms with van der Waals surface area (Å²) in [5, 5.41) is 17.1. The Morgan fingerprint density at radius 3 is 2.93 bits per heavy atom. The Kier molecular flexibility index (Phi) is 6.73. The first-order chi connectivity index (χ1) is 13.0. The van der Waals surface area contributed by atoms with Crippen molar-refractivity contribution in [1.29, 1.82) is 0 Å². The van der Waals surface area contributed by atoms with Gasteiger partial charge >= 0.3 is 12.0 Å². The summed E-state index contributed by atoms with van der Waals surface area (Å²) in [7, 11) is 0. The van der Waals surface area contributed by atoms with Crippen LogP contribution in [0, 0.1) is 0 Å². The van der Waals surface area contributed by atoms with Crippen LogP contribution in [-0.4, -0.2) is 71.2 Å². The van der Waals surface area contributed by atoms with Crippen molar-refractivity contribution in [1.82, 2.24) is 20.4 Å². The molecule has 2 amide bonds. The molecule has 1 atom stereocenters. The summed E-state index contributed by atoms with van der Waals surface area (Å²) in [4.78, 5) is 28.9. The van der Waals surface area contributed by atoms with E-state index in [2.05, 4.69) is 33.9 Å². The maximum absolute atomic E-state index is 12.2. The van der Waals surface area contributed by atoms with Gasteiger partial charge in [-0.05, 0) is 49.7 Å². The molecule has 2 aliphatic rings. The number of nitrogens with zero attached hydrogens (tertiary/aromatic N) is 2. The number of aliphatic carboxylic acids is 1. The molecule has 8 heteroatoms. The van der Waals surface area contributed by atoms with Crippen LogP contribution in [0.1, 0.15) is 37.1 Å². The van der Waals surface area contributed by atoms with Crippen molar-refractivity contribution >= 4 is 23.3 Å². The van der Waals surface area contributed by atoms with E-state index in [9.17, 15) is 9.59 Å². The molecule has 2 heterocycles. The number of carbonyl (C=O) groups excluding carboxylic acids is 1. The maximum Gasteiger partial charge on any atom is 0.317 e. The number of fused-ring (bicyclic) bond motifs is 1. The van der Waals surface area contributed by atoms with E-state index in [1.165, 1.54) is 10.4 Å². The molecule has 1 fully saturated rings. The summed E-state index contributed by atoms with van der Waals surface area (Å²) in [6.07, 6.45) is 2.73. The first kappa shape index (κ1) is 20.1. The van der Waals surface area contributed by atoms with Crippen LogP contribution in [0.3, 0.4) is 0 Å². The van der Waals surface area contributed by atoms with Crippen LogP contribution >= 0.6 is 11.3 Å². The minimum absolute atomic E-state index is 0.0687. The average Bonchev–Trinajstić information content (AvgIpc) is 3.08. The lowest BCUT2D eigenvalue weighted by Gasteiger charge is -2.42. The maximum atomic E-state index is 12.2. The van der Waals surface area contributed by atoms with Gasteiger partial charge in [-0.25, -0.2) is 4.79 Å². The van der Waals surface area contributed by atoms with Gasteiger partial charge in [0.15, 0.2) is 0 Å². The number of hydrogen-bond donors (Lipinski definition) is 3. The molecule has 150 valence electrons. The molecule has 0 bridgehead atoms. The SMILES string of the molecule is CCN(CC(=O)O)C1CC(NC(=O)NCC(C)N2CCc3sccc3C2)C1. The Labute approximate surface area is 164 Å². The number of likely N-dealkylation sites (N-methyl/N-ethyl adjacent to an activating group) is 1. The average molecular weight is 395 g/mol. The highest BCUT2D eigenvalue weighted by atomic mass is 32.1. The number of rotatable bonds is 8. The van der Waals surface area contributed by atoms with Crippen LogP contribution in [-0.2, 0) is 17.8 Å². The van der Waals surface area contributed by atoms with Crippen molar-refractivity contribution in [2.24, 2.45) is 0 Å². The monoisotopic (exact) mass is 394 g/mol. The van der Waals surface area contributed by atoms with Gasteiger partial charge in [-0.15, -0.1) is 11.3 Å². The number of amides is 2. The van der Waals surface area contributed by atoms with Gasteiger partial charge in [-0.1, -0.05) is 6.92 Å². The number of nitrogens with one attached hydrogen (secondary N) is 2. The third-order valence-corrected chi connectivity index (χ3v) is 6.75. The highest BCUT2D eigenvalue weighted by molar-refractivity contribution is 7.10. The van der Waals surface area contributed by atoms with Gasteiger partial charge in [-0.2, -0.15) is 0 Å². The van der Waals surface area contributed by atoms with Crippen molar-refractivity contribution in [2.75, 3.05) is 26.2 Å². The summed E-state index contributed by atoms with van der Waals surface area (Å²) in [6, 6.07) is 2.76. The van der Waals surface area contributed by atoms with E-state index in [0.29, 0.717) is 12.6 Å². The zero-order valence-corrected chi connectivity index (χ0v) is 16.9. The number of thiophene rings is 1. The normalized spacial score (nSPS) is 23.4. The third-order valence-electron chi connectivity index (χ3n) is 5.73. The molecule has 1 aliphatic heterocycles. The lowest BCUT2D eigenvalue weighted by molar-refractivity contribution is -0.139. The second kappa shape index (κ2) is 9.03. The minimum Gasteiger partial charge on any atom is -0.480 e. The number of urea groups is 1.